The van der Waals surface area contributed by atoms with Gasteiger partial charge in [0.05, 0.1) is 5.60 Å². The molecule has 1 nitrogen and oxygen atoms in total. The van der Waals surface area contributed by atoms with Crippen molar-refractivity contribution in [1.29, 1.82) is 0 Å². The van der Waals surface area contributed by atoms with Gasteiger partial charge in [0, 0.05) is 6.42 Å². The molecule has 1 fully saturated rings. The zero-order chi connectivity index (χ0) is 13.9. The molecule has 1 aromatic rings. The van der Waals surface area contributed by atoms with Crippen LogP contribution < -0.4 is 0 Å². The summed E-state index contributed by atoms with van der Waals surface area (Å²) in [6, 6.07) is 4.86. The Morgan fingerprint density at radius 2 is 2.00 bits per heavy atom. The Labute approximate surface area is 115 Å². The van der Waals surface area contributed by atoms with Crippen LogP contribution in [0.4, 0.5) is 4.39 Å². The highest BCUT2D eigenvalue weighted by molar-refractivity contribution is 5.28. The lowest BCUT2D eigenvalue weighted by molar-refractivity contribution is -0.0100. The van der Waals surface area contributed by atoms with Crippen LogP contribution in [0.15, 0.2) is 18.2 Å². The lowest BCUT2D eigenvalue weighted by Crippen LogP contribution is -2.36. The molecule has 0 aliphatic heterocycles. The van der Waals surface area contributed by atoms with E-state index in [0.29, 0.717) is 6.42 Å². The van der Waals surface area contributed by atoms with Gasteiger partial charge in [-0.25, -0.2) is 4.39 Å². The fourth-order valence-electron chi connectivity index (χ4n) is 3.27. The molecule has 0 atom stereocenters. The first-order valence-corrected chi connectivity index (χ1v) is 7.50. The minimum atomic E-state index is -0.622. The molecule has 1 aromatic carbocycles. The molecule has 0 saturated heterocycles. The maximum absolute atomic E-state index is 13.3. The minimum Gasteiger partial charge on any atom is -0.390 e. The van der Waals surface area contributed by atoms with E-state index in [4.69, 9.17) is 0 Å². The Bertz CT molecular complexity index is 419. The molecular weight excluding hydrogens is 239 g/mol. The standard InChI is InChI=1S/C17H25FO/c1-3-4-14-7-9-17(19,10-8-14)12-15-11-16(18)6-5-13(15)2/h5-6,11,14,19H,3-4,7-10,12H2,1-2H3. The van der Waals surface area contributed by atoms with Gasteiger partial charge in [-0.05, 0) is 61.8 Å². The van der Waals surface area contributed by atoms with Gasteiger partial charge in [-0.1, -0.05) is 25.8 Å². The van der Waals surface area contributed by atoms with E-state index in [1.165, 1.54) is 18.9 Å². The first-order chi connectivity index (χ1) is 9.02. The molecular formula is C17H25FO. The summed E-state index contributed by atoms with van der Waals surface area (Å²) < 4.78 is 13.3. The molecule has 0 amide bonds. The molecule has 0 aromatic heterocycles. The summed E-state index contributed by atoms with van der Waals surface area (Å²) in [6.45, 7) is 4.21. The zero-order valence-corrected chi connectivity index (χ0v) is 12.1. The molecule has 2 rings (SSSR count). The molecule has 0 bridgehead atoms. The lowest BCUT2D eigenvalue weighted by Gasteiger charge is -2.36. The SMILES string of the molecule is CCCC1CCC(O)(Cc2cc(F)ccc2C)CC1. The number of rotatable bonds is 4. The van der Waals surface area contributed by atoms with Gasteiger partial charge in [0.1, 0.15) is 5.82 Å². The fourth-order valence-corrected chi connectivity index (χ4v) is 3.27. The van der Waals surface area contributed by atoms with E-state index in [1.807, 2.05) is 6.92 Å². The van der Waals surface area contributed by atoms with Crippen LogP contribution in [0.25, 0.3) is 0 Å². The maximum atomic E-state index is 13.3. The van der Waals surface area contributed by atoms with Gasteiger partial charge in [0.15, 0.2) is 0 Å². The minimum absolute atomic E-state index is 0.205. The van der Waals surface area contributed by atoms with Gasteiger partial charge in [-0.15, -0.1) is 0 Å². The van der Waals surface area contributed by atoms with Crippen LogP contribution in [0.1, 0.15) is 56.6 Å². The van der Waals surface area contributed by atoms with Crippen molar-refractivity contribution in [2.24, 2.45) is 5.92 Å². The molecule has 1 saturated carbocycles. The normalized spacial score (nSPS) is 27.5. The number of hydrogen-bond donors (Lipinski definition) is 1. The highest BCUT2D eigenvalue weighted by Crippen LogP contribution is 2.36. The zero-order valence-electron chi connectivity index (χ0n) is 12.1. The molecule has 1 aliphatic carbocycles. The van der Waals surface area contributed by atoms with Crippen LogP contribution in [0.3, 0.4) is 0 Å². The molecule has 1 aliphatic rings. The molecule has 0 unspecified atom stereocenters. The van der Waals surface area contributed by atoms with Crippen LogP contribution >= 0.6 is 0 Å². The van der Waals surface area contributed by atoms with Gasteiger partial charge in [-0.2, -0.15) is 0 Å². The van der Waals surface area contributed by atoms with Crippen molar-refractivity contribution >= 4 is 0 Å². The molecule has 0 spiro atoms. The fraction of sp³-hybridized carbons (Fsp3) is 0.647. The molecule has 2 heteroatoms. The van der Waals surface area contributed by atoms with Gasteiger partial charge in [0.2, 0.25) is 0 Å². The highest BCUT2D eigenvalue weighted by atomic mass is 19.1. The van der Waals surface area contributed by atoms with Gasteiger partial charge < -0.3 is 5.11 Å². The van der Waals surface area contributed by atoms with Crippen molar-refractivity contribution in [2.75, 3.05) is 0 Å². The summed E-state index contributed by atoms with van der Waals surface area (Å²) in [5, 5.41) is 10.7. The molecule has 0 radical (unpaired) electrons. The molecule has 0 heterocycles. The Hall–Kier alpha value is -0.890. The third-order valence-corrected chi connectivity index (χ3v) is 4.56. The second-order valence-electron chi connectivity index (χ2n) is 6.20. The first-order valence-electron chi connectivity index (χ1n) is 7.50. The van der Waals surface area contributed by atoms with E-state index in [1.54, 1.807) is 12.1 Å². The van der Waals surface area contributed by atoms with Crippen LogP contribution in [-0.2, 0) is 6.42 Å². The average molecular weight is 264 g/mol. The summed E-state index contributed by atoms with van der Waals surface area (Å²) in [5.74, 6) is 0.572. The summed E-state index contributed by atoms with van der Waals surface area (Å²) >= 11 is 0. The average Bonchev–Trinajstić information content (AvgIpc) is 2.37. The number of aryl methyl sites for hydroxylation is 1. The van der Waals surface area contributed by atoms with Gasteiger partial charge >= 0.3 is 0 Å². The Balaban J connectivity index is 2.00. The largest absolute Gasteiger partial charge is 0.390 e. The number of benzene rings is 1. The van der Waals surface area contributed by atoms with E-state index in [9.17, 15) is 9.50 Å². The topological polar surface area (TPSA) is 20.2 Å². The number of halogens is 1. The van der Waals surface area contributed by atoms with Crippen LogP contribution in [0.5, 0.6) is 0 Å². The molecule has 19 heavy (non-hydrogen) atoms. The predicted octanol–water partition coefficient (Wildman–Crippen LogP) is 4.40. The second kappa shape index (κ2) is 6.04. The van der Waals surface area contributed by atoms with Crippen molar-refractivity contribution in [3.63, 3.8) is 0 Å². The van der Waals surface area contributed by atoms with Crippen molar-refractivity contribution in [1.82, 2.24) is 0 Å². The van der Waals surface area contributed by atoms with Crippen LogP contribution in [0.2, 0.25) is 0 Å². The number of aliphatic hydroxyl groups is 1. The van der Waals surface area contributed by atoms with Crippen molar-refractivity contribution in [3.8, 4) is 0 Å². The molecule has 106 valence electrons. The van der Waals surface area contributed by atoms with Crippen LogP contribution in [0, 0.1) is 18.7 Å². The smallest absolute Gasteiger partial charge is 0.123 e. The lowest BCUT2D eigenvalue weighted by atomic mass is 9.74. The third-order valence-electron chi connectivity index (χ3n) is 4.56. The second-order valence-corrected chi connectivity index (χ2v) is 6.20. The third kappa shape index (κ3) is 3.79. The Morgan fingerprint density at radius 3 is 2.63 bits per heavy atom. The summed E-state index contributed by atoms with van der Waals surface area (Å²) in [5.41, 5.74) is 1.41. The number of hydrogen-bond acceptors (Lipinski definition) is 1. The highest BCUT2D eigenvalue weighted by Gasteiger charge is 2.33. The van der Waals surface area contributed by atoms with E-state index in [2.05, 4.69) is 6.92 Å². The maximum Gasteiger partial charge on any atom is 0.123 e. The first kappa shape index (κ1) is 14.5. The molecule has 1 N–H and O–H groups in total. The van der Waals surface area contributed by atoms with E-state index < -0.39 is 5.60 Å². The van der Waals surface area contributed by atoms with E-state index in [0.717, 1.165) is 42.7 Å². The van der Waals surface area contributed by atoms with Gasteiger partial charge in [-0.3, -0.25) is 0 Å². The van der Waals surface area contributed by atoms with Gasteiger partial charge in [0.25, 0.3) is 0 Å². The monoisotopic (exact) mass is 264 g/mol. The van der Waals surface area contributed by atoms with E-state index in [-0.39, 0.29) is 5.82 Å². The quantitative estimate of drug-likeness (QED) is 0.854. The van der Waals surface area contributed by atoms with Crippen molar-refractivity contribution in [2.45, 2.75) is 64.4 Å². The Morgan fingerprint density at radius 1 is 1.32 bits per heavy atom. The summed E-state index contributed by atoms with van der Waals surface area (Å²) in [7, 11) is 0. The van der Waals surface area contributed by atoms with Crippen molar-refractivity contribution < 1.29 is 9.50 Å². The van der Waals surface area contributed by atoms with E-state index >= 15 is 0 Å². The van der Waals surface area contributed by atoms with Crippen molar-refractivity contribution in [3.05, 3.63) is 35.1 Å². The summed E-state index contributed by atoms with van der Waals surface area (Å²) in [4.78, 5) is 0. The van der Waals surface area contributed by atoms with Crippen LogP contribution in [-0.4, -0.2) is 10.7 Å². The Kier molecular flexibility index (Phi) is 4.62. The predicted molar refractivity (Wildman–Crippen MR) is 76.7 cm³/mol. The summed E-state index contributed by atoms with van der Waals surface area (Å²) in [6.07, 6.45) is 7.02.